The Kier molecular flexibility index (Phi) is 2.57. The standard InChI is InChI=1S/C15H13N3/c16-12-6-7-14-11(10-12)8-9-17-15(14)18-13-4-2-1-3-5-13/h1-10H,16H2,(H,17,18). The molecule has 0 saturated carbocycles. The second kappa shape index (κ2) is 4.37. The maximum atomic E-state index is 5.79. The monoisotopic (exact) mass is 235 g/mol. The maximum absolute atomic E-state index is 5.79. The van der Waals surface area contributed by atoms with E-state index in [2.05, 4.69) is 10.3 Å². The van der Waals surface area contributed by atoms with Crippen LogP contribution in [0.15, 0.2) is 60.8 Å². The molecule has 3 rings (SSSR count). The van der Waals surface area contributed by atoms with Gasteiger partial charge in [-0.2, -0.15) is 0 Å². The second-order valence-corrected chi connectivity index (χ2v) is 4.13. The summed E-state index contributed by atoms with van der Waals surface area (Å²) in [6.07, 6.45) is 1.78. The van der Waals surface area contributed by atoms with Crippen LogP contribution in [0.3, 0.4) is 0 Å². The first-order valence-electron chi connectivity index (χ1n) is 5.79. The molecule has 88 valence electrons. The first-order chi connectivity index (χ1) is 8.83. The fourth-order valence-electron chi connectivity index (χ4n) is 1.95. The largest absolute Gasteiger partial charge is 0.399 e. The van der Waals surface area contributed by atoms with Crippen molar-refractivity contribution in [3.8, 4) is 0 Å². The molecule has 3 aromatic rings. The molecule has 2 aromatic carbocycles. The molecule has 1 heterocycles. The van der Waals surface area contributed by atoms with E-state index in [-0.39, 0.29) is 0 Å². The predicted octanol–water partition coefficient (Wildman–Crippen LogP) is 3.56. The van der Waals surface area contributed by atoms with Crippen LogP contribution in [0, 0.1) is 0 Å². The minimum absolute atomic E-state index is 0.763. The van der Waals surface area contributed by atoms with Crippen molar-refractivity contribution in [2.24, 2.45) is 0 Å². The number of benzene rings is 2. The lowest BCUT2D eigenvalue weighted by Gasteiger charge is -2.08. The molecule has 0 atom stereocenters. The van der Waals surface area contributed by atoms with Gasteiger partial charge in [0.25, 0.3) is 0 Å². The molecule has 3 nitrogen and oxygen atoms in total. The molecular formula is C15H13N3. The molecule has 0 aliphatic rings. The number of hydrogen-bond acceptors (Lipinski definition) is 3. The van der Waals surface area contributed by atoms with Gasteiger partial charge in [0.05, 0.1) is 0 Å². The van der Waals surface area contributed by atoms with Crippen molar-refractivity contribution in [3.05, 3.63) is 60.8 Å². The van der Waals surface area contributed by atoms with Gasteiger partial charge in [-0.05, 0) is 41.8 Å². The van der Waals surface area contributed by atoms with Gasteiger partial charge in [0.2, 0.25) is 0 Å². The third-order valence-electron chi connectivity index (χ3n) is 2.83. The molecule has 0 unspecified atom stereocenters. The number of rotatable bonds is 2. The van der Waals surface area contributed by atoms with E-state index in [9.17, 15) is 0 Å². The molecule has 3 heteroatoms. The quantitative estimate of drug-likeness (QED) is 0.668. The van der Waals surface area contributed by atoms with Crippen molar-refractivity contribution in [2.75, 3.05) is 11.1 Å². The molecule has 0 bridgehead atoms. The molecule has 0 aliphatic heterocycles. The molecule has 1 aromatic heterocycles. The van der Waals surface area contributed by atoms with Crippen molar-refractivity contribution in [3.63, 3.8) is 0 Å². The van der Waals surface area contributed by atoms with Crippen LogP contribution in [0.4, 0.5) is 17.2 Å². The highest BCUT2D eigenvalue weighted by Gasteiger charge is 2.02. The minimum atomic E-state index is 0.763. The molecule has 18 heavy (non-hydrogen) atoms. The maximum Gasteiger partial charge on any atom is 0.138 e. The molecular weight excluding hydrogens is 222 g/mol. The molecule has 3 N–H and O–H groups in total. The lowest BCUT2D eigenvalue weighted by Crippen LogP contribution is -1.94. The smallest absolute Gasteiger partial charge is 0.138 e. The number of nitrogens with two attached hydrogens (primary N) is 1. The lowest BCUT2D eigenvalue weighted by molar-refractivity contribution is 1.34. The summed E-state index contributed by atoms with van der Waals surface area (Å²) in [5.74, 6) is 0.846. The Morgan fingerprint density at radius 2 is 1.78 bits per heavy atom. The summed E-state index contributed by atoms with van der Waals surface area (Å²) in [5, 5.41) is 5.47. The van der Waals surface area contributed by atoms with Crippen LogP contribution >= 0.6 is 0 Å². The zero-order chi connectivity index (χ0) is 12.4. The fourth-order valence-corrected chi connectivity index (χ4v) is 1.95. The zero-order valence-electron chi connectivity index (χ0n) is 9.80. The molecule has 0 radical (unpaired) electrons. The Balaban J connectivity index is 2.07. The number of pyridine rings is 1. The number of aromatic nitrogens is 1. The summed E-state index contributed by atoms with van der Waals surface area (Å²) < 4.78 is 0. The van der Waals surface area contributed by atoms with E-state index < -0.39 is 0 Å². The summed E-state index contributed by atoms with van der Waals surface area (Å²) in [6.45, 7) is 0. The number of para-hydroxylation sites is 1. The van der Waals surface area contributed by atoms with Gasteiger partial charge in [-0.25, -0.2) is 4.98 Å². The SMILES string of the molecule is Nc1ccc2c(Nc3ccccc3)nccc2c1. The zero-order valence-corrected chi connectivity index (χ0v) is 9.80. The highest BCUT2D eigenvalue weighted by Crippen LogP contribution is 2.25. The molecule has 0 amide bonds. The van der Waals surface area contributed by atoms with E-state index >= 15 is 0 Å². The van der Waals surface area contributed by atoms with Crippen LogP contribution < -0.4 is 11.1 Å². The summed E-state index contributed by atoms with van der Waals surface area (Å²) in [7, 11) is 0. The summed E-state index contributed by atoms with van der Waals surface area (Å²) in [6, 6.07) is 17.8. The number of anilines is 3. The van der Waals surface area contributed by atoms with Gasteiger partial charge in [-0.1, -0.05) is 18.2 Å². The van der Waals surface area contributed by atoms with Crippen LogP contribution in [0.25, 0.3) is 10.8 Å². The Morgan fingerprint density at radius 3 is 2.61 bits per heavy atom. The molecule has 0 spiro atoms. The molecule has 0 aliphatic carbocycles. The molecule has 0 fully saturated rings. The number of nitrogens with zero attached hydrogens (tertiary/aromatic N) is 1. The van der Waals surface area contributed by atoms with E-state index in [0.717, 1.165) is 28.0 Å². The van der Waals surface area contributed by atoms with Crippen LogP contribution in [-0.4, -0.2) is 4.98 Å². The normalized spacial score (nSPS) is 10.4. The van der Waals surface area contributed by atoms with E-state index in [1.165, 1.54) is 0 Å². The van der Waals surface area contributed by atoms with Crippen LogP contribution in [0.5, 0.6) is 0 Å². The van der Waals surface area contributed by atoms with Gasteiger partial charge in [-0.3, -0.25) is 0 Å². The van der Waals surface area contributed by atoms with Crippen molar-refractivity contribution < 1.29 is 0 Å². The second-order valence-electron chi connectivity index (χ2n) is 4.13. The Labute approximate surface area is 105 Å². The topological polar surface area (TPSA) is 50.9 Å². The highest BCUT2D eigenvalue weighted by atomic mass is 15.0. The van der Waals surface area contributed by atoms with Crippen molar-refractivity contribution in [1.29, 1.82) is 0 Å². The van der Waals surface area contributed by atoms with Gasteiger partial charge in [0, 0.05) is 23.0 Å². The molecule has 0 saturated heterocycles. The van der Waals surface area contributed by atoms with E-state index in [0.29, 0.717) is 0 Å². The summed E-state index contributed by atoms with van der Waals surface area (Å²) >= 11 is 0. The number of hydrogen-bond donors (Lipinski definition) is 2. The first kappa shape index (κ1) is 10.6. The van der Waals surface area contributed by atoms with Gasteiger partial charge < -0.3 is 11.1 Å². The van der Waals surface area contributed by atoms with Crippen LogP contribution in [0.1, 0.15) is 0 Å². The highest BCUT2D eigenvalue weighted by molar-refractivity contribution is 5.94. The van der Waals surface area contributed by atoms with Crippen molar-refractivity contribution in [1.82, 2.24) is 4.98 Å². The summed E-state index contributed by atoms with van der Waals surface area (Å²) in [4.78, 5) is 4.38. The number of nitrogens with one attached hydrogen (secondary N) is 1. The van der Waals surface area contributed by atoms with E-state index in [1.807, 2.05) is 54.6 Å². The van der Waals surface area contributed by atoms with Gasteiger partial charge in [-0.15, -0.1) is 0 Å². The third kappa shape index (κ3) is 1.98. The Hall–Kier alpha value is -2.55. The predicted molar refractivity (Wildman–Crippen MR) is 75.9 cm³/mol. The number of nitrogen functional groups attached to an aromatic ring is 1. The van der Waals surface area contributed by atoms with Crippen molar-refractivity contribution in [2.45, 2.75) is 0 Å². The average Bonchev–Trinajstić information content (AvgIpc) is 2.40. The van der Waals surface area contributed by atoms with Crippen LogP contribution in [0.2, 0.25) is 0 Å². The first-order valence-corrected chi connectivity index (χ1v) is 5.79. The number of fused-ring (bicyclic) bond motifs is 1. The third-order valence-corrected chi connectivity index (χ3v) is 2.83. The lowest BCUT2D eigenvalue weighted by atomic mass is 10.1. The summed E-state index contributed by atoms with van der Waals surface area (Å²) in [5.41, 5.74) is 7.57. The average molecular weight is 235 g/mol. The Bertz CT molecular complexity index is 678. The minimum Gasteiger partial charge on any atom is -0.399 e. The van der Waals surface area contributed by atoms with Crippen molar-refractivity contribution >= 4 is 28.0 Å². The van der Waals surface area contributed by atoms with Gasteiger partial charge in [0.1, 0.15) is 5.82 Å². The van der Waals surface area contributed by atoms with E-state index in [4.69, 9.17) is 5.73 Å². The van der Waals surface area contributed by atoms with Crippen LogP contribution in [-0.2, 0) is 0 Å². The van der Waals surface area contributed by atoms with Gasteiger partial charge in [0.15, 0.2) is 0 Å². The fraction of sp³-hybridized carbons (Fsp3) is 0. The van der Waals surface area contributed by atoms with Gasteiger partial charge >= 0.3 is 0 Å². The van der Waals surface area contributed by atoms with E-state index in [1.54, 1.807) is 6.20 Å². The Morgan fingerprint density at radius 1 is 0.944 bits per heavy atom.